The molecule has 0 aromatic rings. The lowest BCUT2D eigenvalue weighted by Crippen LogP contribution is -2.31. The van der Waals surface area contributed by atoms with Gasteiger partial charge in [-0.2, -0.15) is 0 Å². The van der Waals surface area contributed by atoms with E-state index in [2.05, 4.69) is 25.8 Å². The molecule has 1 N–H and O–H groups in total. The van der Waals surface area contributed by atoms with E-state index in [9.17, 15) is 5.11 Å². The smallest absolute Gasteiger partial charge is 0.0629 e. The first-order valence-corrected chi connectivity index (χ1v) is 6.82. The molecule has 0 aliphatic carbocycles. The normalized spacial score (nSPS) is 17.4. The summed E-state index contributed by atoms with van der Waals surface area (Å²) in [6.45, 7) is 10.7. The molecule has 0 radical (unpaired) electrons. The van der Waals surface area contributed by atoms with Crippen LogP contribution in [0, 0.1) is 5.92 Å². The van der Waals surface area contributed by atoms with Gasteiger partial charge in [-0.05, 0) is 52.1 Å². The van der Waals surface area contributed by atoms with Crippen molar-refractivity contribution in [2.75, 3.05) is 20.1 Å². The van der Waals surface area contributed by atoms with Crippen LogP contribution in [0.1, 0.15) is 59.8 Å². The molecule has 0 saturated heterocycles. The number of aliphatic hydroxyl groups is 1. The predicted octanol–water partition coefficient (Wildman–Crippen LogP) is 3.30. The topological polar surface area (TPSA) is 23.5 Å². The lowest BCUT2D eigenvalue weighted by atomic mass is 9.99. The summed E-state index contributed by atoms with van der Waals surface area (Å²) < 4.78 is 0. The Balaban J connectivity index is 3.55. The minimum Gasteiger partial charge on any atom is -0.390 e. The molecule has 0 saturated carbocycles. The average molecular weight is 229 g/mol. The maximum Gasteiger partial charge on any atom is 0.0629 e. The van der Waals surface area contributed by atoms with Crippen molar-refractivity contribution in [2.24, 2.45) is 5.92 Å². The van der Waals surface area contributed by atoms with Gasteiger partial charge in [-0.3, -0.25) is 0 Å². The SMILES string of the molecule is CCC(C)CCCN(C)CCC(C)(O)CC. The molecule has 2 heteroatoms. The quantitative estimate of drug-likeness (QED) is 0.656. The Kier molecular flexibility index (Phi) is 8.04. The maximum atomic E-state index is 9.90. The summed E-state index contributed by atoms with van der Waals surface area (Å²) >= 11 is 0. The summed E-state index contributed by atoms with van der Waals surface area (Å²) in [6.07, 6.45) is 5.61. The molecule has 0 aromatic heterocycles. The van der Waals surface area contributed by atoms with Gasteiger partial charge in [0, 0.05) is 6.54 Å². The van der Waals surface area contributed by atoms with Crippen molar-refractivity contribution in [1.29, 1.82) is 0 Å². The number of hydrogen-bond acceptors (Lipinski definition) is 2. The lowest BCUT2D eigenvalue weighted by Gasteiger charge is -2.25. The highest BCUT2D eigenvalue weighted by Crippen LogP contribution is 2.14. The highest BCUT2D eigenvalue weighted by Gasteiger charge is 2.17. The van der Waals surface area contributed by atoms with Gasteiger partial charge in [0.05, 0.1) is 5.60 Å². The summed E-state index contributed by atoms with van der Waals surface area (Å²) in [5, 5.41) is 9.90. The molecule has 0 rings (SSSR count). The fraction of sp³-hybridized carbons (Fsp3) is 1.00. The van der Waals surface area contributed by atoms with Gasteiger partial charge in [-0.1, -0.05) is 27.2 Å². The van der Waals surface area contributed by atoms with E-state index >= 15 is 0 Å². The summed E-state index contributed by atoms with van der Waals surface area (Å²) in [5.74, 6) is 0.854. The van der Waals surface area contributed by atoms with Crippen molar-refractivity contribution in [2.45, 2.75) is 65.4 Å². The van der Waals surface area contributed by atoms with Gasteiger partial charge < -0.3 is 10.0 Å². The van der Waals surface area contributed by atoms with Crippen LogP contribution in [-0.4, -0.2) is 35.7 Å². The van der Waals surface area contributed by atoms with Crippen molar-refractivity contribution in [3.63, 3.8) is 0 Å². The van der Waals surface area contributed by atoms with E-state index in [1.54, 1.807) is 0 Å². The van der Waals surface area contributed by atoms with Crippen molar-refractivity contribution in [3.05, 3.63) is 0 Å². The van der Waals surface area contributed by atoms with Crippen LogP contribution < -0.4 is 0 Å². The summed E-state index contributed by atoms with van der Waals surface area (Å²) in [4.78, 5) is 2.34. The molecule has 0 aromatic carbocycles. The van der Waals surface area contributed by atoms with Crippen molar-refractivity contribution in [1.82, 2.24) is 4.90 Å². The van der Waals surface area contributed by atoms with Crippen LogP contribution >= 0.6 is 0 Å². The molecular formula is C14H31NO. The molecule has 0 amide bonds. The molecule has 0 bridgehead atoms. The molecule has 0 aliphatic rings. The van der Waals surface area contributed by atoms with Gasteiger partial charge in [0.1, 0.15) is 0 Å². The second-order valence-corrected chi connectivity index (χ2v) is 5.56. The van der Waals surface area contributed by atoms with Gasteiger partial charge in [-0.15, -0.1) is 0 Å². The van der Waals surface area contributed by atoms with Crippen LogP contribution in [0.2, 0.25) is 0 Å². The third-order valence-electron chi connectivity index (χ3n) is 3.73. The van der Waals surface area contributed by atoms with E-state index in [4.69, 9.17) is 0 Å². The van der Waals surface area contributed by atoms with E-state index in [0.717, 1.165) is 31.8 Å². The third-order valence-corrected chi connectivity index (χ3v) is 3.73. The van der Waals surface area contributed by atoms with E-state index in [1.807, 2.05) is 13.8 Å². The Morgan fingerprint density at radius 2 is 1.88 bits per heavy atom. The minimum absolute atomic E-state index is 0.481. The highest BCUT2D eigenvalue weighted by molar-refractivity contribution is 4.71. The van der Waals surface area contributed by atoms with Crippen LogP contribution in [0.15, 0.2) is 0 Å². The Morgan fingerprint density at radius 3 is 2.38 bits per heavy atom. The van der Waals surface area contributed by atoms with Crippen molar-refractivity contribution >= 4 is 0 Å². The van der Waals surface area contributed by atoms with Crippen LogP contribution in [-0.2, 0) is 0 Å². The second kappa shape index (κ2) is 8.08. The van der Waals surface area contributed by atoms with Gasteiger partial charge in [-0.25, -0.2) is 0 Å². The van der Waals surface area contributed by atoms with E-state index in [-0.39, 0.29) is 0 Å². The van der Waals surface area contributed by atoms with Crippen molar-refractivity contribution in [3.8, 4) is 0 Å². The molecule has 2 nitrogen and oxygen atoms in total. The molecular weight excluding hydrogens is 198 g/mol. The average Bonchev–Trinajstić information content (AvgIpc) is 2.26. The van der Waals surface area contributed by atoms with Gasteiger partial charge in [0.25, 0.3) is 0 Å². The first kappa shape index (κ1) is 15.9. The molecule has 0 spiro atoms. The molecule has 2 atom stereocenters. The maximum absolute atomic E-state index is 9.90. The fourth-order valence-electron chi connectivity index (χ4n) is 1.63. The van der Waals surface area contributed by atoms with E-state index in [1.165, 1.54) is 19.3 Å². The fourth-order valence-corrected chi connectivity index (χ4v) is 1.63. The summed E-state index contributed by atoms with van der Waals surface area (Å²) in [6, 6.07) is 0. The van der Waals surface area contributed by atoms with Crippen LogP contribution in [0.25, 0.3) is 0 Å². The standard InChI is InChI=1S/C14H31NO/c1-6-13(3)9-8-11-15(5)12-10-14(4,16)7-2/h13,16H,6-12H2,1-5H3. The van der Waals surface area contributed by atoms with E-state index in [0.29, 0.717) is 0 Å². The zero-order chi connectivity index (χ0) is 12.6. The summed E-state index contributed by atoms with van der Waals surface area (Å²) in [7, 11) is 2.16. The molecule has 0 aliphatic heterocycles. The Morgan fingerprint density at radius 1 is 1.25 bits per heavy atom. The van der Waals surface area contributed by atoms with Crippen LogP contribution in [0.5, 0.6) is 0 Å². The highest BCUT2D eigenvalue weighted by atomic mass is 16.3. The molecule has 0 heterocycles. The van der Waals surface area contributed by atoms with Crippen LogP contribution in [0.3, 0.4) is 0 Å². The van der Waals surface area contributed by atoms with Gasteiger partial charge in [0.15, 0.2) is 0 Å². The molecule has 0 fully saturated rings. The number of nitrogens with zero attached hydrogens (tertiary/aromatic N) is 1. The third kappa shape index (κ3) is 8.12. The van der Waals surface area contributed by atoms with Gasteiger partial charge >= 0.3 is 0 Å². The van der Waals surface area contributed by atoms with Gasteiger partial charge in [0.2, 0.25) is 0 Å². The largest absolute Gasteiger partial charge is 0.390 e. The first-order valence-electron chi connectivity index (χ1n) is 6.82. The monoisotopic (exact) mass is 229 g/mol. The zero-order valence-electron chi connectivity index (χ0n) is 11.9. The molecule has 98 valence electrons. The Hall–Kier alpha value is -0.0800. The Bertz CT molecular complexity index is 168. The summed E-state index contributed by atoms with van der Waals surface area (Å²) in [5.41, 5.74) is -0.481. The van der Waals surface area contributed by atoms with Crippen LogP contribution in [0.4, 0.5) is 0 Å². The molecule has 2 unspecified atom stereocenters. The van der Waals surface area contributed by atoms with E-state index < -0.39 is 5.60 Å². The zero-order valence-corrected chi connectivity index (χ0v) is 11.9. The number of hydrogen-bond donors (Lipinski definition) is 1. The van der Waals surface area contributed by atoms with Crippen molar-refractivity contribution < 1.29 is 5.11 Å². The lowest BCUT2D eigenvalue weighted by molar-refractivity contribution is 0.0379. The second-order valence-electron chi connectivity index (χ2n) is 5.56. The first-order chi connectivity index (χ1) is 7.41. The minimum atomic E-state index is -0.481. The number of rotatable bonds is 9. The molecule has 16 heavy (non-hydrogen) atoms. The predicted molar refractivity (Wildman–Crippen MR) is 71.7 cm³/mol. The Labute approximate surface area is 102 Å².